The molecule has 0 saturated carbocycles. The minimum absolute atomic E-state index is 0.158. The molecule has 0 unspecified atom stereocenters. The predicted octanol–water partition coefficient (Wildman–Crippen LogP) is 1.06. The third-order valence-electron chi connectivity index (χ3n) is 3.64. The molecule has 3 aromatic rings. The average molecular weight is 302 g/mol. The molecule has 8 nitrogen and oxygen atoms in total. The van der Waals surface area contributed by atoms with E-state index in [1.807, 2.05) is 20.8 Å². The van der Waals surface area contributed by atoms with Gasteiger partial charge in [0.05, 0.1) is 0 Å². The van der Waals surface area contributed by atoms with Crippen molar-refractivity contribution in [3.8, 4) is 0 Å². The van der Waals surface area contributed by atoms with Gasteiger partial charge in [-0.25, -0.2) is 18.9 Å². The average Bonchev–Trinajstić information content (AvgIpc) is 3.06. The van der Waals surface area contributed by atoms with Crippen LogP contribution in [0.3, 0.4) is 0 Å². The highest BCUT2D eigenvalue weighted by atomic mass is 16.5. The Labute approximate surface area is 126 Å². The van der Waals surface area contributed by atoms with E-state index in [0.29, 0.717) is 23.8 Å². The third kappa shape index (κ3) is 2.20. The number of fused-ring (bicyclic) bond motifs is 1. The highest BCUT2D eigenvalue weighted by Gasteiger charge is 2.17. The molecule has 0 aliphatic rings. The Kier molecular flexibility index (Phi) is 3.51. The van der Waals surface area contributed by atoms with Gasteiger partial charge in [0.2, 0.25) is 5.89 Å². The largest absolute Gasteiger partial charge is 0.352 e. The first-order chi connectivity index (χ1) is 10.5. The lowest BCUT2D eigenvalue weighted by molar-refractivity contribution is 0.361. The Morgan fingerprint density at radius 2 is 1.91 bits per heavy atom. The van der Waals surface area contributed by atoms with Crippen molar-refractivity contribution in [1.82, 2.24) is 29.3 Å². The topological polar surface area (TPSA) is 91.1 Å². The summed E-state index contributed by atoms with van der Waals surface area (Å²) in [5.74, 6) is 1.62. The summed E-state index contributed by atoms with van der Waals surface area (Å²) in [6, 6.07) is 0. The molecule has 0 radical (unpaired) electrons. The molecule has 0 atom stereocenters. The molecule has 0 spiro atoms. The fourth-order valence-corrected chi connectivity index (χ4v) is 2.52. The lowest BCUT2D eigenvalue weighted by Gasteiger charge is -2.07. The standard InChI is InChI=1S/C14H18N6O2/c1-5-10-8(3)13-17-19(7-12-15-9(4)18-22-12)14(21)20(13)11(6-2)16-10/h5-7H2,1-4H3. The lowest BCUT2D eigenvalue weighted by atomic mass is 10.2. The number of nitrogens with zero attached hydrogens (tertiary/aromatic N) is 6. The summed E-state index contributed by atoms with van der Waals surface area (Å²) in [7, 11) is 0. The molecule has 0 fully saturated rings. The Hall–Kier alpha value is -2.51. The molecule has 0 amide bonds. The van der Waals surface area contributed by atoms with Gasteiger partial charge in [-0.3, -0.25) is 0 Å². The van der Waals surface area contributed by atoms with E-state index in [1.165, 1.54) is 4.68 Å². The van der Waals surface area contributed by atoms with Gasteiger partial charge in [0, 0.05) is 17.7 Å². The maximum absolute atomic E-state index is 12.6. The third-order valence-corrected chi connectivity index (χ3v) is 3.64. The van der Waals surface area contributed by atoms with E-state index in [1.54, 1.807) is 11.3 Å². The van der Waals surface area contributed by atoms with Crippen molar-refractivity contribution in [2.24, 2.45) is 0 Å². The second-order valence-electron chi connectivity index (χ2n) is 5.14. The van der Waals surface area contributed by atoms with E-state index in [4.69, 9.17) is 4.52 Å². The molecular weight excluding hydrogens is 284 g/mol. The number of hydrogen-bond acceptors (Lipinski definition) is 6. The second-order valence-corrected chi connectivity index (χ2v) is 5.14. The van der Waals surface area contributed by atoms with Crippen LogP contribution in [0.5, 0.6) is 0 Å². The van der Waals surface area contributed by atoms with Gasteiger partial charge in [-0.05, 0) is 20.3 Å². The zero-order valence-corrected chi connectivity index (χ0v) is 13.1. The van der Waals surface area contributed by atoms with Gasteiger partial charge in [0.1, 0.15) is 12.4 Å². The lowest BCUT2D eigenvalue weighted by Crippen LogP contribution is -2.24. The fourth-order valence-electron chi connectivity index (χ4n) is 2.52. The molecule has 3 heterocycles. The van der Waals surface area contributed by atoms with Crippen LogP contribution in [-0.2, 0) is 19.4 Å². The molecule has 3 rings (SSSR count). The van der Waals surface area contributed by atoms with Crippen molar-refractivity contribution in [3.63, 3.8) is 0 Å². The van der Waals surface area contributed by atoms with Gasteiger partial charge in [0.15, 0.2) is 11.5 Å². The number of aryl methyl sites for hydroxylation is 4. The molecule has 8 heteroatoms. The highest BCUT2D eigenvalue weighted by molar-refractivity contribution is 5.48. The van der Waals surface area contributed by atoms with Gasteiger partial charge < -0.3 is 4.52 Å². The monoisotopic (exact) mass is 302 g/mol. The molecule has 0 aromatic carbocycles. The summed E-state index contributed by atoms with van der Waals surface area (Å²) in [6.07, 6.45) is 1.47. The minimum Gasteiger partial charge on any atom is -0.337 e. The van der Waals surface area contributed by atoms with Crippen molar-refractivity contribution in [2.75, 3.05) is 0 Å². The maximum atomic E-state index is 12.6. The van der Waals surface area contributed by atoms with Crippen LogP contribution in [0.2, 0.25) is 0 Å². The van der Waals surface area contributed by atoms with E-state index in [-0.39, 0.29) is 12.2 Å². The number of aromatic nitrogens is 6. The molecule has 116 valence electrons. The van der Waals surface area contributed by atoms with Crippen LogP contribution in [0.4, 0.5) is 0 Å². The van der Waals surface area contributed by atoms with Crippen molar-refractivity contribution in [1.29, 1.82) is 0 Å². The minimum atomic E-state index is -0.235. The Morgan fingerprint density at radius 3 is 2.50 bits per heavy atom. The molecule has 3 aromatic heterocycles. The van der Waals surface area contributed by atoms with Gasteiger partial charge in [-0.1, -0.05) is 19.0 Å². The molecule has 0 aliphatic carbocycles. The molecule has 0 aliphatic heterocycles. The maximum Gasteiger partial charge on any atom is 0.352 e. The van der Waals surface area contributed by atoms with Gasteiger partial charge in [-0.15, -0.1) is 5.10 Å². The summed E-state index contributed by atoms with van der Waals surface area (Å²) in [6.45, 7) is 7.85. The number of rotatable bonds is 4. The van der Waals surface area contributed by atoms with E-state index >= 15 is 0 Å². The molecule has 22 heavy (non-hydrogen) atoms. The summed E-state index contributed by atoms with van der Waals surface area (Å²) in [4.78, 5) is 21.3. The Balaban J connectivity index is 2.19. The van der Waals surface area contributed by atoms with E-state index in [0.717, 1.165) is 23.5 Å². The van der Waals surface area contributed by atoms with Crippen LogP contribution in [0, 0.1) is 13.8 Å². The van der Waals surface area contributed by atoms with Crippen LogP contribution in [0.15, 0.2) is 9.32 Å². The van der Waals surface area contributed by atoms with Gasteiger partial charge in [0.25, 0.3) is 0 Å². The van der Waals surface area contributed by atoms with Crippen molar-refractivity contribution in [3.05, 3.63) is 39.3 Å². The summed E-state index contributed by atoms with van der Waals surface area (Å²) >= 11 is 0. The summed E-state index contributed by atoms with van der Waals surface area (Å²) in [5, 5.41) is 8.16. The second kappa shape index (κ2) is 5.36. The van der Waals surface area contributed by atoms with Crippen molar-refractivity contribution >= 4 is 5.65 Å². The highest BCUT2D eigenvalue weighted by Crippen LogP contribution is 2.13. The molecule has 0 saturated heterocycles. The Bertz CT molecular complexity index is 889. The normalized spacial score (nSPS) is 11.5. The van der Waals surface area contributed by atoms with Crippen LogP contribution in [0.1, 0.15) is 42.6 Å². The van der Waals surface area contributed by atoms with Gasteiger partial charge in [-0.2, -0.15) is 4.98 Å². The Morgan fingerprint density at radius 1 is 1.14 bits per heavy atom. The van der Waals surface area contributed by atoms with Gasteiger partial charge >= 0.3 is 5.69 Å². The van der Waals surface area contributed by atoms with Crippen LogP contribution >= 0.6 is 0 Å². The first-order valence-electron chi connectivity index (χ1n) is 7.32. The fraction of sp³-hybridized carbons (Fsp3) is 0.500. The van der Waals surface area contributed by atoms with Crippen LogP contribution in [-0.4, -0.2) is 29.3 Å². The zero-order chi connectivity index (χ0) is 15.9. The first kappa shape index (κ1) is 14.4. The number of hydrogen-bond donors (Lipinski definition) is 0. The summed E-state index contributed by atoms with van der Waals surface area (Å²) in [5.41, 5.74) is 2.30. The van der Waals surface area contributed by atoms with Crippen LogP contribution in [0.25, 0.3) is 5.65 Å². The SMILES string of the molecule is CCc1nc(CC)n2c(=O)n(Cc3nc(C)no3)nc2c1C. The first-order valence-corrected chi connectivity index (χ1v) is 7.32. The van der Waals surface area contributed by atoms with Crippen molar-refractivity contribution in [2.45, 2.75) is 47.1 Å². The molecule has 0 N–H and O–H groups in total. The molecule has 0 bridgehead atoms. The van der Waals surface area contributed by atoms with E-state index in [2.05, 4.69) is 20.2 Å². The quantitative estimate of drug-likeness (QED) is 0.716. The van der Waals surface area contributed by atoms with Crippen molar-refractivity contribution < 1.29 is 4.52 Å². The van der Waals surface area contributed by atoms with E-state index < -0.39 is 0 Å². The zero-order valence-electron chi connectivity index (χ0n) is 13.1. The molecular formula is C14H18N6O2. The van der Waals surface area contributed by atoms with Crippen LogP contribution < -0.4 is 5.69 Å². The van der Waals surface area contributed by atoms with E-state index in [9.17, 15) is 4.79 Å². The summed E-state index contributed by atoms with van der Waals surface area (Å²) < 4.78 is 7.98. The predicted molar refractivity (Wildman–Crippen MR) is 78.9 cm³/mol. The smallest absolute Gasteiger partial charge is 0.337 e.